The molecule has 0 spiro atoms. The number of benzene rings is 1. The van der Waals surface area contributed by atoms with Crippen LogP contribution in [0.1, 0.15) is 39.2 Å². The molecule has 0 saturated carbocycles. The molecule has 1 aromatic heterocycles. The molecule has 1 N–H and O–H groups in total. The number of fused-ring (bicyclic) bond motifs is 1. The number of aliphatic carboxylic acids is 1. The SMILES string of the molecule is CCCC(CC)n1c(SCC(=O)O)nc2c(F)cccc21. The number of carboxylic acids is 1. The van der Waals surface area contributed by atoms with E-state index in [4.69, 9.17) is 5.11 Å². The predicted molar refractivity (Wildman–Crippen MR) is 82.3 cm³/mol. The lowest BCUT2D eigenvalue weighted by molar-refractivity contribution is -0.133. The van der Waals surface area contributed by atoms with E-state index < -0.39 is 5.97 Å². The summed E-state index contributed by atoms with van der Waals surface area (Å²) in [5.74, 6) is -1.34. The number of halogens is 1. The van der Waals surface area contributed by atoms with Crippen molar-refractivity contribution in [2.45, 2.75) is 44.3 Å². The highest BCUT2D eigenvalue weighted by Gasteiger charge is 2.20. The Kier molecular flexibility index (Phi) is 5.22. The number of nitrogens with zero attached hydrogens (tertiary/aromatic N) is 2. The lowest BCUT2D eigenvalue weighted by Crippen LogP contribution is -2.10. The molecule has 114 valence electrons. The molecule has 0 bridgehead atoms. The molecule has 0 fully saturated rings. The first-order valence-corrected chi connectivity index (χ1v) is 8.08. The lowest BCUT2D eigenvalue weighted by atomic mass is 10.1. The maximum atomic E-state index is 13.9. The van der Waals surface area contributed by atoms with Crippen LogP contribution in [0, 0.1) is 5.82 Å². The second-order valence-electron chi connectivity index (χ2n) is 4.91. The van der Waals surface area contributed by atoms with Crippen LogP contribution in [0.15, 0.2) is 23.4 Å². The van der Waals surface area contributed by atoms with E-state index in [0.717, 1.165) is 36.5 Å². The topological polar surface area (TPSA) is 55.1 Å². The molecule has 21 heavy (non-hydrogen) atoms. The number of thioether (sulfide) groups is 1. The number of hydrogen-bond acceptors (Lipinski definition) is 3. The van der Waals surface area contributed by atoms with E-state index >= 15 is 0 Å². The molecule has 0 radical (unpaired) electrons. The zero-order valence-electron chi connectivity index (χ0n) is 12.2. The number of hydrogen-bond donors (Lipinski definition) is 1. The van der Waals surface area contributed by atoms with E-state index in [0.29, 0.717) is 10.7 Å². The maximum absolute atomic E-state index is 13.9. The first-order chi connectivity index (χ1) is 10.1. The highest BCUT2D eigenvalue weighted by molar-refractivity contribution is 7.99. The van der Waals surface area contributed by atoms with E-state index in [1.165, 1.54) is 6.07 Å². The van der Waals surface area contributed by atoms with Gasteiger partial charge in [-0.1, -0.05) is 38.1 Å². The highest BCUT2D eigenvalue weighted by atomic mass is 32.2. The van der Waals surface area contributed by atoms with Crippen molar-refractivity contribution >= 4 is 28.8 Å². The van der Waals surface area contributed by atoms with Gasteiger partial charge < -0.3 is 9.67 Å². The summed E-state index contributed by atoms with van der Waals surface area (Å²) in [7, 11) is 0. The second kappa shape index (κ2) is 6.93. The monoisotopic (exact) mass is 310 g/mol. The molecule has 2 aromatic rings. The van der Waals surface area contributed by atoms with Crippen LogP contribution in [0.2, 0.25) is 0 Å². The van der Waals surface area contributed by atoms with Crippen LogP contribution in [0.5, 0.6) is 0 Å². The first kappa shape index (κ1) is 15.8. The van der Waals surface area contributed by atoms with Gasteiger partial charge in [-0.15, -0.1) is 0 Å². The van der Waals surface area contributed by atoms with E-state index in [1.54, 1.807) is 6.07 Å². The third kappa shape index (κ3) is 3.37. The van der Waals surface area contributed by atoms with Gasteiger partial charge in [0.1, 0.15) is 5.52 Å². The predicted octanol–water partition coefficient (Wildman–Crippen LogP) is 4.10. The molecule has 0 saturated heterocycles. The zero-order valence-corrected chi connectivity index (χ0v) is 13.0. The molecule has 1 atom stereocenters. The number of aromatic nitrogens is 2. The minimum Gasteiger partial charge on any atom is -0.481 e. The second-order valence-corrected chi connectivity index (χ2v) is 5.85. The van der Waals surface area contributed by atoms with Gasteiger partial charge in [0, 0.05) is 6.04 Å². The van der Waals surface area contributed by atoms with E-state index in [1.807, 2.05) is 10.6 Å². The van der Waals surface area contributed by atoms with Crippen molar-refractivity contribution < 1.29 is 14.3 Å². The molecule has 1 aromatic carbocycles. The van der Waals surface area contributed by atoms with Crippen molar-refractivity contribution in [3.63, 3.8) is 0 Å². The summed E-state index contributed by atoms with van der Waals surface area (Å²) in [6.07, 6.45) is 2.87. The third-order valence-electron chi connectivity index (χ3n) is 3.42. The summed E-state index contributed by atoms with van der Waals surface area (Å²) in [5.41, 5.74) is 1.06. The summed E-state index contributed by atoms with van der Waals surface area (Å²) < 4.78 is 15.9. The molecule has 0 amide bonds. The zero-order chi connectivity index (χ0) is 15.4. The third-order valence-corrected chi connectivity index (χ3v) is 4.36. The Morgan fingerprint density at radius 2 is 2.24 bits per heavy atom. The van der Waals surface area contributed by atoms with Gasteiger partial charge in [0.2, 0.25) is 0 Å². The summed E-state index contributed by atoms with van der Waals surface area (Å²) >= 11 is 1.14. The van der Waals surface area contributed by atoms with Crippen LogP contribution in [-0.4, -0.2) is 26.4 Å². The number of imidazole rings is 1. The van der Waals surface area contributed by atoms with Crippen molar-refractivity contribution in [3.8, 4) is 0 Å². The van der Waals surface area contributed by atoms with Crippen molar-refractivity contribution in [2.24, 2.45) is 0 Å². The fourth-order valence-electron chi connectivity index (χ4n) is 2.49. The average molecular weight is 310 g/mol. The van der Waals surface area contributed by atoms with Crippen LogP contribution in [0.4, 0.5) is 4.39 Å². The Balaban J connectivity index is 2.53. The number of carboxylic acid groups (broad SMARTS) is 1. The largest absolute Gasteiger partial charge is 0.481 e. The van der Waals surface area contributed by atoms with Crippen molar-refractivity contribution in [2.75, 3.05) is 5.75 Å². The van der Waals surface area contributed by atoms with E-state index in [2.05, 4.69) is 18.8 Å². The molecular weight excluding hydrogens is 291 g/mol. The molecule has 2 rings (SSSR count). The van der Waals surface area contributed by atoms with Crippen LogP contribution < -0.4 is 0 Å². The minimum atomic E-state index is -0.900. The molecular formula is C15H19FN2O2S. The number of carbonyl (C=O) groups is 1. The standard InChI is InChI=1S/C15H19FN2O2S/c1-3-6-10(4-2)18-12-8-5-7-11(16)14(12)17-15(18)21-9-13(19)20/h5,7-8,10H,3-4,6,9H2,1-2H3,(H,19,20). The molecule has 4 nitrogen and oxygen atoms in total. The molecule has 1 heterocycles. The van der Waals surface area contributed by atoms with E-state index in [-0.39, 0.29) is 17.6 Å². The number of rotatable bonds is 7. The molecule has 0 aliphatic carbocycles. The number of para-hydroxylation sites is 1. The molecule has 0 aliphatic rings. The van der Waals surface area contributed by atoms with Gasteiger partial charge in [-0.3, -0.25) is 4.79 Å². The van der Waals surface area contributed by atoms with Gasteiger partial charge in [-0.25, -0.2) is 9.37 Å². The Morgan fingerprint density at radius 3 is 2.86 bits per heavy atom. The fraction of sp³-hybridized carbons (Fsp3) is 0.467. The minimum absolute atomic E-state index is 0.0759. The van der Waals surface area contributed by atoms with Gasteiger partial charge in [0.25, 0.3) is 0 Å². The first-order valence-electron chi connectivity index (χ1n) is 7.09. The Morgan fingerprint density at radius 1 is 1.48 bits per heavy atom. The normalized spacial score (nSPS) is 12.7. The summed E-state index contributed by atoms with van der Waals surface area (Å²) in [6.45, 7) is 4.18. The van der Waals surface area contributed by atoms with Gasteiger partial charge >= 0.3 is 5.97 Å². The summed E-state index contributed by atoms with van der Waals surface area (Å²) in [4.78, 5) is 15.1. The van der Waals surface area contributed by atoms with Crippen LogP contribution >= 0.6 is 11.8 Å². The Bertz CT molecular complexity index is 642. The Hall–Kier alpha value is -1.56. The van der Waals surface area contributed by atoms with Gasteiger partial charge in [0.15, 0.2) is 11.0 Å². The average Bonchev–Trinajstić information content (AvgIpc) is 2.82. The maximum Gasteiger partial charge on any atom is 0.313 e. The van der Waals surface area contributed by atoms with Crippen molar-refractivity contribution in [3.05, 3.63) is 24.0 Å². The highest BCUT2D eigenvalue weighted by Crippen LogP contribution is 2.32. The van der Waals surface area contributed by atoms with Gasteiger partial charge in [0.05, 0.1) is 11.3 Å². The summed E-state index contributed by atoms with van der Waals surface area (Å²) in [5, 5.41) is 9.44. The van der Waals surface area contributed by atoms with Crippen molar-refractivity contribution in [1.29, 1.82) is 0 Å². The smallest absolute Gasteiger partial charge is 0.313 e. The fourth-order valence-corrected chi connectivity index (χ4v) is 3.29. The van der Waals surface area contributed by atoms with E-state index in [9.17, 15) is 9.18 Å². The van der Waals surface area contributed by atoms with Crippen LogP contribution in [-0.2, 0) is 4.79 Å². The summed E-state index contributed by atoms with van der Waals surface area (Å²) in [6, 6.07) is 5.10. The van der Waals surface area contributed by atoms with Crippen LogP contribution in [0.3, 0.4) is 0 Å². The Labute approximate surface area is 127 Å². The molecule has 6 heteroatoms. The molecule has 1 unspecified atom stereocenters. The quantitative estimate of drug-likeness (QED) is 0.782. The van der Waals surface area contributed by atoms with Crippen molar-refractivity contribution in [1.82, 2.24) is 9.55 Å². The van der Waals surface area contributed by atoms with Crippen LogP contribution in [0.25, 0.3) is 11.0 Å². The van der Waals surface area contributed by atoms with Gasteiger partial charge in [-0.2, -0.15) is 0 Å². The van der Waals surface area contributed by atoms with Gasteiger partial charge in [-0.05, 0) is 25.0 Å². The molecule has 0 aliphatic heterocycles. The lowest BCUT2D eigenvalue weighted by Gasteiger charge is -2.19.